The monoisotopic (exact) mass is 389 g/mol. The summed E-state index contributed by atoms with van der Waals surface area (Å²) in [5.74, 6) is 0.546. The molecule has 5 rings (SSSR count). The van der Waals surface area contributed by atoms with Gasteiger partial charge in [-0.05, 0) is 57.6 Å². The highest BCUT2D eigenvalue weighted by atomic mass is 16.6. The first-order valence-electron chi connectivity index (χ1n) is 10.9. The quantitative estimate of drug-likeness (QED) is 0.676. The first-order chi connectivity index (χ1) is 13.4. The van der Waals surface area contributed by atoms with Gasteiger partial charge in [-0.25, -0.2) is 4.79 Å². The molecule has 0 bridgehead atoms. The van der Waals surface area contributed by atoms with Crippen LogP contribution in [0.25, 0.3) is 0 Å². The molecule has 9 atom stereocenters. The molecule has 28 heavy (non-hydrogen) atoms. The van der Waals surface area contributed by atoms with Crippen molar-refractivity contribution in [2.24, 2.45) is 17.8 Å². The molecule has 0 aromatic carbocycles. The van der Waals surface area contributed by atoms with Crippen molar-refractivity contribution < 1.29 is 23.8 Å². The summed E-state index contributed by atoms with van der Waals surface area (Å²) in [7, 11) is 0. The largest absolute Gasteiger partial charge is 0.460 e. The lowest BCUT2D eigenvalue weighted by Crippen LogP contribution is -2.47. The lowest BCUT2D eigenvalue weighted by Gasteiger charge is -2.36. The van der Waals surface area contributed by atoms with Gasteiger partial charge in [-0.2, -0.15) is 0 Å². The van der Waals surface area contributed by atoms with E-state index in [1.807, 2.05) is 19.9 Å². The lowest BCUT2D eigenvalue weighted by atomic mass is 9.80. The third kappa shape index (κ3) is 2.83. The van der Waals surface area contributed by atoms with Gasteiger partial charge in [0.15, 0.2) is 0 Å². The van der Waals surface area contributed by atoms with E-state index in [4.69, 9.17) is 14.2 Å². The minimum atomic E-state index is -0.253. The zero-order chi connectivity index (χ0) is 19.6. The third-order valence-corrected chi connectivity index (χ3v) is 7.83. The summed E-state index contributed by atoms with van der Waals surface area (Å²) in [5, 5.41) is 0. The summed E-state index contributed by atoms with van der Waals surface area (Å²) in [4.78, 5) is 26.4. The molecule has 5 heterocycles. The predicted octanol–water partition coefficient (Wildman–Crippen LogP) is 2.46. The van der Waals surface area contributed by atoms with Crippen LogP contribution in [-0.4, -0.2) is 59.9 Å². The van der Waals surface area contributed by atoms with Crippen LogP contribution < -0.4 is 0 Å². The van der Waals surface area contributed by atoms with Gasteiger partial charge in [0.2, 0.25) is 0 Å². The number of nitrogens with zero attached hydrogens (tertiary/aromatic N) is 1. The van der Waals surface area contributed by atoms with E-state index in [1.54, 1.807) is 0 Å². The van der Waals surface area contributed by atoms with Crippen LogP contribution in [-0.2, 0) is 23.8 Å². The molecule has 0 saturated carbocycles. The molecule has 0 radical (unpaired) electrons. The Hall–Kier alpha value is -1.40. The van der Waals surface area contributed by atoms with E-state index in [9.17, 15) is 9.59 Å². The van der Waals surface area contributed by atoms with Crippen LogP contribution in [0.15, 0.2) is 11.6 Å². The van der Waals surface area contributed by atoms with Crippen LogP contribution in [0.3, 0.4) is 0 Å². The van der Waals surface area contributed by atoms with Crippen molar-refractivity contribution in [2.45, 2.75) is 89.4 Å². The summed E-state index contributed by atoms with van der Waals surface area (Å²) in [6.45, 7) is 7.11. The van der Waals surface area contributed by atoms with E-state index < -0.39 is 0 Å². The number of hydrogen-bond donors (Lipinski definition) is 0. The van der Waals surface area contributed by atoms with Crippen LogP contribution in [0, 0.1) is 17.8 Å². The van der Waals surface area contributed by atoms with Gasteiger partial charge in [0, 0.05) is 23.6 Å². The van der Waals surface area contributed by atoms with Crippen LogP contribution in [0.5, 0.6) is 0 Å². The maximum absolute atomic E-state index is 11.9. The van der Waals surface area contributed by atoms with Gasteiger partial charge in [0.1, 0.15) is 18.3 Å². The van der Waals surface area contributed by atoms with Crippen molar-refractivity contribution in [3.8, 4) is 0 Å². The van der Waals surface area contributed by atoms with Crippen molar-refractivity contribution in [1.82, 2.24) is 4.90 Å². The van der Waals surface area contributed by atoms with Gasteiger partial charge in [-0.15, -0.1) is 0 Å². The molecule has 5 aliphatic heterocycles. The molecule has 5 aliphatic rings. The molecule has 4 fully saturated rings. The molecular formula is C22H31NO5. The SMILES string of the molecule is CC1=C[C@H]([C@H]2O[C@@H]3CCCN4[C@@H](CC[C@H]4[C@@H]4C[C@H](C)C(=O)O4)[C@H]3[C@@H]2C)OC1=O. The van der Waals surface area contributed by atoms with Crippen molar-refractivity contribution in [2.75, 3.05) is 6.54 Å². The highest BCUT2D eigenvalue weighted by molar-refractivity contribution is 5.90. The minimum absolute atomic E-state index is 0.0222. The molecule has 0 N–H and O–H groups in total. The Bertz CT molecular complexity index is 705. The maximum atomic E-state index is 11.9. The fraction of sp³-hybridized carbons (Fsp3) is 0.818. The molecule has 6 heteroatoms. The van der Waals surface area contributed by atoms with Gasteiger partial charge >= 0.3 is 11.9 Å². The Balaban J connectivity index is 1.35. The fourth-order valence-corrected chi connectivity index (χ4v) is 6.47. The summed E-state index contributed by atoms with van der Waals surface area (Å²) in [6, 6.07) is 0.810. The second-order valence-electron chi connectivity index (χ2n) is 9.50. The molecule has 6 nitrogen and oxygen atoms in total. The zero-order valence-corrected chi connectivity index (χ0v) is 17.0. The summed E-state index contributed by atoms with van der Waals surface area (Å²) < 4.78 is 17.8. The average Bonchev–Trinajstić information content (AvgIpc) is 3.35. The standard InChI is InChI=1S/C22H31NO5/c1-11-9-17(27-21(11)24)14-6-7-15-19-13(3)20(18-10-12(2)22(25)28-18)26-16(19)5-4-8-23(14)15/h10-11,13-20H,4-9H2,1-3H3/t11-,13-,14-,15-,16+,17-,18+,19+,20-/m0/s1. The van der Waals surface area contributed by atoms with Crippen LogP contribution in [0.1, 0.15) is 52.9 Å². The molecule has 0 aromatic heterocycles. The molecule has 154 valence electrons. The lowest BCUT2D eigenvalue weighted by molar-refractivity contribution is -0.147. The second kappa shape index (κ2) is 6.84. The molecule has 4 saturated heterocycles. The normalized spacial score (nSPS) is 48.7. The topological polar surface area (TPSA) is 65.1 Å². The number of cyclic esters (lactones) is 2. The molecule has 0 aromatic rings. The van der Waals surface area contributed by atoms with Crippen molar-refractivity contribution >= 4 is 11.9 Å². The third-order valence-electron chi connectivity index (χ3n) is 7.83. The molecule has 0 unspecified atom stereocenters. The molecule has 0 amide bonds. The van der Waals surface area contributed by atoms with Gasteiger partial charge in [0.05, 0.1) is 12.0 Å². The van der Waals surface area contributed by atoms with Crippen LogP contribution in [0.2, 0.25) is 0 Å². The van der Waals surface area contributed by atoms with E-state index in [0.29, 0.717) is 29.5 Å². The first-order valence-corrected chi connectivity index (χ1v) is 10.9. The Morgan fingerprint density at radius 2 is 1.82 bits per heavy atom. The average molecular weight is 389 g/mol. The molecule has 0 spiro atoms. The van der Waals surface area contributed by atoms with Crippen molar-refractivity contribution in [3.63, 3.8) is 0 Å². The highest BCUT2D eigenvalue weighted by Gasteiger charge is 2.55. The number of rotatable bonds is 2. The molecule has 0 aliphatic carbocycles. The number of carbonyl (C=O) groups excluding carboxylic acids is 2. The Morgan fingerprint density at radius 3 is 2.50 bits per heavy atom. The van der Waals surface area contributed by atoms with Crippen LogP contribution in [0.4, 0.5) is 0 Å². The van der Waals surface area contributed by atoms with Gasteiger partial charge < -0.3 is 14.2 Å². The fourth-order valence-electron chi connectivity index (χ4n) is 6.47. The van der Waals surface area contributed by atoms with Gasteiger partial charge in [-0.3, -0.25) is 9.69 Å². The minimum Gasteiger partial charge on any atom is -0.460 e. The van der Waals surface area contributed by atoms with Gasteiger partial charge in [-0.1, -0.05) is 13.8 Å². The summed E-state index contributed by atoms with van der Waals surface area (Å²) >= 11 is 0. The van der Waals surface area contributed by atoms with E-state index in [1.165, 1.54) is 0 Å². The summed E-state index contributed by atoms with van der Waals surface area (Å²) in [5.41, 5.74) is 0.688. The Morgan fingerprint density at radius 1 is 1.04 bits per heavy atom. The van der Waals surface area contributed by atoms with E-state index in [0.717, 1.165) is 38.6 Å². The highest BCUT2D eigenvalue weighted by Crippen LogP contribution is 2.48. The molecular weight excluding hydrogens is 358 g/mol. The first kappa shape index (κ1) is 18.6. The van der Waals surface area contributed by atoms with Gasteiger partial charge in [0.25, 0.3) is 0 Å². The van der Waals surface area contributed by atoms with E-state index >= 15 is 0 Å². The number of esters is 2. The van der Waals surface area contributed by atoms with Crippen LogP contribution >= 0.6 is 0 Å². The zero-order valence-electron chi connectivity index (χ0n) is 17.0. The number of fused-ring (bicyclic) bond motifs is 3. The predicted molar refractivity (Wildman–Crippen MR) is 101 cm³/mol. The summed E-state index contributed by atoms with van der Waals surface area (Å²) in [6.07, 6.45) is 7.11. The van der Waals surface area contributed by atoms with E-state index in [2.05, 4.69) is 11.8 Å². The number of ether oxygens (including phenoxy) is 3. The number of carbonyl (C=O) groups is 2. The van der Waals surface area contributed by atoms with E-state index in [-0.39, 0.29) is 42.3 Å². The Kier molecular flexibility index (Phi) is 4.55. The smallest absolute Gasteiger partial charge is 0.334 e. The second-order valence-corrected chi connectivity index (χ2v) is 9.50. The van der Waals surface area contributed by atoms with Crippen molar-refractivity contribution in [3.05, 3.63) is 11.6 Å². The Labute approximate surface area is 166 Å². The number of hydrogen-bond acceptors (Lipinski definition) is 6. The van der Waals surface area contributed by atoms with Crippen molar-refractivity contribution in [1.29, 1.82) is 0 Å². The maximum Gasteiger partial charge on any atom is 0.334 e.